The number of hydrogen-bond acceptors (Lipinski definition) is 5. The summed E-state index contributed by atoms with van der Waals surface area (Å²) in [5.74, 6) is -0.144. The number of aromatic nitrogens is 1. The number of nitrogens with zero attached hydrogens (tertiary/aromatic N) is 5. The Morgan fingerprint density at radius 1 is 0.600 bits per heavy atom. The van der Waals surface area contributed by atoms with Crippen molar-refractivity contribution in [2.75, 3.05) is 26.2 Å². The number of para-hydroxylation sites is 2. The quantitative estimate of drug-likeness (QED) is 0.375. The molecule has 3 aliphatic heterocycles. The molecule has 4 heterocycles. The number of hydrogen-bond donors (Lipinski definition) is 0. The van der Waals surface area contributed by atoms with E-state index in [-0.39, 0.29) is 11.8 Å². The summed E-state index contributed by atoms with van der Waals surface area (Å²) >= 11 is 0. The average molecular weight is 526 g/mol. The molecule has 0 bridgehead atoms. The molecule has 40 heavy (non-hydrogen) atoms. The van der Waals surface area contributed by atoms with Crippen LogP contribution in [0, 0.1) is 0 Å². The summed E-state index contributed by atoms with van der Waals surface area (Å²) in [6.45, 7) is 1.88. The Kier molecular flexibility index (Phi) is 6.04. The lowest BCUT2D eigenvalue weighted by molar-refractivity contribution is 0.0532. The van der Waals surface area contributed by atoms with Gasteiger partial charge in [-0.15, -0.1) is 0 Å². The van der Waals surface area contributed by atoms with E-state index < -0.39 is 0 Å². The van der Waals surface area contributed by atoms with Crippen molar-refractivity contribution in [3.63, 3.8) is 0 Å². The molecule has 7 nitrogen and oxygen atoms in total. The fourth-order valence-corrected chi connectivity index (χ4v) is 5.59. The number of pyridine rings is 1. The highest BCUT2D eigenvalue weighted by Gasteiger charge is 2.27. The molecular formula is C33H27N5O2. The Bertz CT molecular complexity index is 1590. The number of fused-ring (bicyclic) bond motifs is 2. The molecule has 0 spiro atoms. The van der Waals surface area contributed by atoms with Gasteiger partial charge in [-0.25, -0.2) is 4.98 Å². The fraction of sp³-hybridized carbons (Fsp3) is 0.182. The van der Waals surface area contributed by atoms with E-state index in [4.69, 9.17) is 9.98 Å². The number of aliphatic imine (C=N–C) groups is 2. The lowest BCUT2D eigenvalue weighted by Gasteiger charge is -2.34. The summed E-state index contributed by atoms with van der Waals surface area (Å²) in [4.78, 5) is 44.4. The fourth-order valence-electron chi connectivity index (χ4n) is 5.59. The van der Waals surface area contributed by atoms with Gasteiger partial charge < -0.3 is 9.80 Å². The summed E-state index contributed by atoms with van der Waals surface area (Å²) in [7, 11) is 0. The smallest absolute Gasteiger partial charge is 0.272 e. The van der Waals surface area contributed by atoms with Gasteiger partial charge in [0.05, 0.1) is 28.5 Å². The summed E-state index contributed by atoms with van der Waals surface area (Å²) in [5, 5.41) is 0. The lowest BCUT2D eigenvalue weighted by Crippen LogP contribution is -2.50. The van der Waals surface area contributed by atoms with Crippen LogP contribution in [0.5, 0.6) is 0 Å². The Hall–Kier alpha value is -4.91. The molecule has 0 radical (unpaired) electrons. The van der Waals surface area contributed by atoms with Crippen LogP contribution in [0.15, 0.2) is 101 Å². The predicted octanol–water partition coefficient (Wildman–Crippen LogP) is 5.03. The largest absolute Gasteiger partial charge is 0.335 e. The molecule has 4 aromatic rings. The number of benzene rings is 3. The second-order valence-electron chi connectivity index (χ2n) is 10.3. The van der Waals surface area contributed by atoms with Gasteiger partial charge >= 0.3 is 0 Å². The molecule has 7 heteroatoms. The molecule has 196 valence electrons. The van der Waals surface area contributed by atoms with Crippen molar-refractivity contribution in [3.8, 4) is 0 Å². The molecule has 3 aromatic carbocycles. The number of carbonyl (C=O) groups excluding carboxylic acids is 2. The second kappa shape index (κ2) is 10.0. The van der Waals surface area contributed by atoms with Gasteiger partial charge in [0.2, 0.25) is 0 Å². The first-order valence-corrected chi connectivity index (χ1v) is 13.6. The van der Waals surface area contributed by atoms with Crippen molar-refractivity contribution in [2.45, 2.75) is 12.8 Å². The van der Waals surface area contributed by atoms with E-state index in [1.807, 2.05) is 77.7 Å². The highest BCUT2D eigenvalue weighted by Crippen LogP contribution is 2.29. The number of amides is 2. The minimum atomic E-state index is -0.120. The Labute approximate surface area is 232 Å². The maximum Gasteiger partial charge on any atom is 0.272 e. The van der Waals surface area contributed by atoms with Crippen LogP contribution in [0.1, 0.15) is 43.2 Å². The molecule has 0 saturated carbocycles. The molecular weight excluding hydrogens is 498 g/mol. The molecule has 3 aliphatic rings. The minimum absolute atomic E-state index is 0.0241. The first kappa shape index (κ1) is 24.2. The van der Waals surface area contributed by atoms with Gasteiger partial charge in [0.15, 0.2) is 0 Å². The summed E-state index contributed by atoms with van der Waals surface area (Å²) in [6, 6.07) is 29.4. The van der Waals surface area contributed by atoms with Crippen molar-refractivity contribution < 1.29 is 9.59 Å². The summed E-state index contributed by atoms with van der Waals surface area (Å²) < 4.78 is 0. The third-order valence-electron chi connectivity index (χ3n) is 7.77. The van der Waals surface area contributed by atoms with Gasteiger partial charge in [-0.3, -0.25) is 19.6 Å². The van der Waals surface area contributed by atoms with Crippen LogP contribution in [-0.2, 0) is 12.8 Å². The van der Waals surface area contributed by atoms with Crippen molar-refractivity contribution in [1.29, 1.82) is 0 Å². The van der Waals surface area contributed by atoms with Gasteiger partial charge in [-0.05, 0) is 53.1 Å². The van der Waals surface area contributed by atoms with Crippen LogP contribution in [0.2, 0.25) is 0 Å². The van der Waals surface area contributed by atoms with Crippen molar-refractivity contribution in [2.24, 2.45) is 9.98 Å². The standard InChI is InChI=1S/C33H27N5O2/c39-32(25-10-5-9-22(19-25)30-20-23-7-1-3-11-26(23)34-30)37-15-17-38(18-16-37)33(40)29-14-6-13-28(36-29)31-21-24-8-2-4-12-27(24)35-31/h1-14,19H,15-18,20-21H2. The Morgan fingerprint density at radius 3 is 1.90 bits per heavy atom. The third-order valence-corrected chi connectivity index (χ3v) is 7.77. The van der Waals surface area contributed by atoms with E-state index in [1.165, 1.54) is 11.1 Å². The maximum atomic E-state index is 13.4. The van der Waals surface area contributed by atoms with E-state index in [0.29, 0.717) is 43.9 Å². The van der Waals surface area contributed by atoms with Crippen LogP contribution in [0.3, 0.4) is 0 Å². The molecule has 1 saturated heterocycles. The SMILES string of the molecule is O=C(c1cccc(C2=Nc3ccccc3C2)c1)N1CCN(C(=O)c2cccc(C3=Nc4ccccc4C3)n2)CC1. The minimum Gasteiger partial charge on any atom is -0.335 e. The van der Waals surface area contributed by atoms with Crippen molar-refractivity contribution in [3.05, 3.63) is 125 Å². The van der Waals surface area contributed by atoms with E-state index in [0.717, 1.165) is 40.5 Å². The zero-order chi connectivity index (χ0) is 27.1. The van der Waals surface area contributed by atoms with Crippen LogP contribution >= 0.6 is 0 Å². The lowest BCUT2D eigenvalue weighted by atomic mass is 10.0. The van der Waals surface area contributed by atoms with Crippen LogP contribution < -0.4 is 0 Å². The van der Waals surface area contributed by atoms with Crippen molar-refractivity contribution >= 4 is 34.6 Å². The van der Waals surface area contributed by atoms with Gasteiger partial charge in [0, 0.05) is 44.6 Å². The average Bonchev–Trinajstić information content (AvgIpc) is 3.65. The highest BCUT2D eigenvalue weighted by molar-refractivity contribution is 6.08. The molecule has 0 unspecified atom stereocenters. The predicted molar refractivity (Wildman–Crippen MR) is 155 cm³/mol. The maximum absolute atomic E-state index is 13.4. The van der Waals surface area contributed by atoms with Crippen molar-refractivity contribution in [1.82, 2.24) is 14.8 Å². The molecule has 0 N–H and O–H groups in total. The van der Waals surface area contributed by atoms with E-state index in [2.05, 4.69) is 17.1 Å². The zero-order valence-corrected chi connectivity index (χ0v) is 22.0. The Morgan fingerprint density at radius 2 is 1.20 bits per heavy atom. The van der Waals surface area contributed by atoms with Crippen LogP contribution in [0.25, 0.3) is 0 Å². The third kappa shape index (κ3) is 4.49. The van der Waals surface area contributed by atoms with Crippen LogP contribution in [0.4, 0.5) is 11.4 Å². The van der Waals surface area contributed by atoms with E-state index in [1.54, 1.807) is 11.0 Å². The zero-order valence-electron chi connectivity index (χ0n) is 22.0. The molecule has 0 aliphatic carbocycles. The Balaban J connectivity index is 1.00. The molecule has 2 amide bonds. The van der Waals surface area contributed by atoms with Gasteiger partial charge in [0.1, 0.15) is 5.69 Å². The van der Waals surface area contributed by atoms with Crippen LogP contribution in [-0.4, -0.2) is 64.2 Å². The normalized spacial score (nSPS) is 15.8. The van der Waals surface area contributed by atoms with E-state index in [9.17, 15) is 9.59 Å². The number of rotatable bonds is 4. The first-order valence-electron chi connectivity index (χ1n) is 13.6. The molecule has 0 atom stereocenters. The van der Waals surface area contributed by atoms with Gasteiger partial charge in [-0.2, -0.15) is 0 Å². The number of piperazine rings is 1. The van der Waals surface area contributed by atoms with E-state index >= 15 is 0 Å². The number of carbonyl (C=O) groups is 2. The van der Waals surface area contributed by atoms with Gasteiger partial charge in [0.25, 0.3) is 11.8 Å². The topological polar surface area (TPSA) is 78.2 Å². The summed E-state index contributed by atoms with van der Waals surface area (Å²) in [6.07, 6.45) is 1.48. The molecule has 1 fully saturated rings. The van der Waals surface area contributed by atoms with Gasteiger partial charge in [-0.1, -0.05) is 54.6 Å². The monoisotopic (exact) mass is 525 g/mol. The summed E-state index contributed by atoms with van der Waals surface area (Å²) in [5.41, 5.74) is 8.93. The first-order chi connectivity index (χ1) is 19.6. The molecule has 7 rings (SSSR count). The highest BCUT2D eigenvalue weighted by atomic mass is 16.2. The second-order valence-corrected chi connectivity index (χ2v) is 10.3. The molecule has 1 aromatic heterocycles.